The highest BCUT2D eigenvalue weighted by Gasteiger charge is 2.33. The van der Waals surface area contributed by atoms with Gasteiger partial charge in [0.1, 0.15) is 0 Å². The van der Waals surface area contributed by atoms with Gasteiger partial charge >= 0.3 is 0 Å². The largest absolute Gasteiger partial charge is 0.361 e. The number of amides is 2. The van der Waals surface area contributed by atoms with E-state index in [4.69, 9.17) is 0 Å². The fraction of sp³-hybridized carbons (Fsp3) is 0.500. The normalized spacial score (nSPS) is 17.4. The van der Waals surface area contributed by atoms with Crippen molar-refractivity contribution in [3.8, 4) is 0 Å². The van der Waals surface area contributed by atoms with Crippen molar-refractivity contribution in [1.82, 2.24) is 15.2 Å². The lowest BCUT2D eigenvalue weighted by Crippen LogP contribution is -2.34. The fourth-order valence-corrected chi connectivity index (χ4v) is 3.48. The van der Waals surface area contributed by atoms with Gasteiger partial charge in [-0.15, -0.1) is 0 Å². The van der Waals surface area contributed by atoms with Gasteiger partial charge in [-0.2, -0.15) is 0 Å². The molecular formula is C20H27N3O2. The monoisotopic (exact) mass is 341 g/mol. The van der Waals surface area contributed by atoms with Crippen molar-refractivity contribution in [2.45, 2.75) is 39.5 Å². The molecule has 0 saturated carbocycles. The van der Waals surface area contributed by atoms with Crippen molar-refractivity contribution < 1.29 is 9.59 Å². The van der Waals surface area contributed by atoms with Crippen LogP contribution in [0.5, 0.6) is 0 Å². The highest BCUT2D eigenvalue weighted by Crippen LogP contribution is 2.21. The van der Waals surface area contributed by atoms with Crippen LogP contribution in [-0.2, 0) is 16.0 Å². The van der Waals surface area contributed by atoms with Gasteiger partial charge in [-0.25, -0.2) is 0 Å². The molecular weight excluding hydrogens is 314 g/mol. The van der Waals surface area contributed by atoms with E-state index in [9.17, 15) is 9.59 Å². The number of carbonyl (C=O) groups excluding carboxylic acids is 2. The highest BCUT2D eigenvalue weighted by atomic mass is 16.2. The second-order valence-corrected chi connectivity index (χ2v) is 7.00. The van der Waals surface area contributed by atoms with Crippen molar-refractivity contribution in [2.24, 2.45) is 5.92 Å². The van der Waals surface area contributed by atoms with Gasteiger partial charge in [-0.1, -0.05) is 25.0 Å². The molecule has 134 valence electrons. The predicted octanol–water partition coefficient (Wildman–Crippen LogP) is 2.78. The Hall–Kier alpha value is -2.30. The summed E-state index contributed by atoms with van der Waals surface area (Å²) in [5.74, 6) is -0.0846. The minimum Gasteiger partial charge on any atom is -0.361 e. The first-order chi connectivity index (χ1) is 12.1. The third kappa shape index (κ3) is 4.03. The summed E-state index contributed by atoms with van der Waals surface area (Å²) < 4.78 is 0. The van der Waals surface area contributed by atoms with Gasteiger partial charge in [0, 0.05) is 43.2 Å². The molecule has 1 aromatic heterocycles. The van der Waals surface area contributed by atoms with Gasteiger partial charge in [0.05, 0.1) is 5.92 Å². The molecule has 1 aliphatic heterocycles. The quantitative estimate of drug-likeness (QED) is 0.813. The lowest BCUT2D eigenvalue weighted by atomic mass is 10.1. The van der Waals surface area contributed by atoms with Crippen LogP contribution < -0.4 is 5.32 Å². The maximum atomic E-state index is 12.4. The third-order valence-corrected chi connectivity index (χ3v) is 4.98. The number of hydrogen-bond donors (Lipinski definition) is 2. The Morgan fingerprint density at radius 3 is 3.04 bits per heavy atom. The SMILES string of the molecule is CCCCN1C[C@H](C(=O)NCCc2c[nH]c3ccc(C)cc23)CC1=O. The number of hydrogen-bond acceptors (Lipinski definition) is 2. The Labute approximate surface area is 148 Å². The fourth-order valence-electron chi connectivity index (χ4n) is 3.48. The van der Waals surface area contributed by atoms with E-state index in [1.807, 2.05) is 11.1 Å². The van der Waals surface area contributed by atoms with Crippen LogP contribution in [0.4, 0.5) is 0 Å². The Balaban J connectivity index is 1.51. The van der Waals surface area contributed by atoms with Crippen LogP contribution in [0.1, 0.15) is 37.3 Å². The molecule has 0 aliphatic carbocycles. The number of aromatic nitrogens is 1. The Kier molecular flexibility index (Phi) is 5.41. The van der Waals surface area contributed by atoms with Crippen LogP contribution >= 0.6 is 0 Å². The maximum absolute atomic E-state index is 12.4. The number of carbonyl (C=O) groups is 2. The zero-order chi connectivity index (χ0) is 17.8. The molecule has 2 heterocycles. The summed E-state index contributed by atoms with van der Waals surface area (Å²) in [7, 11) is 0. The summed E-state index contributed by atoms with van der Waals surface area (Å²) in [5, 5.41) is 4.23. The third-order valence-electron chi connectivity index (χ3n) is 4.98. The van der Waals surface area contributed by atoms with Crippen molar-refractivity contribution >= 4 is 22.7 Å². The second kappa shape index (κ2) is 7.72. The topological polar surface area (TPSA) is 65.2 Å². The Morgan fingerprint density at radius 2 is 2.24 bits per heavy atom. The molecule has 2 aromatic rings. The molecule has 1 fully saturated rings. The Morgan fingerprint density at radius 1 is 1.40 bits per heavy atom. The van der Waals surface area contributed by atoms with E-state index in [1.54, 1.807) is 0 Å². The molecule has 25 heavy (non-hydrogen) atoms. The number of aromatic amines is 1. The van der Waals surface area contributed by atoms with Crippen LogP contribution in [0.15, 0.2) is 24.4 Å². The van der Waals surface area contributed by atoms with Crippen molar-refractivity contribution in [1.29, 1.82) is 0 Å². The minimum absolute atomic E-state index is 0.00312. The Bertz CT molecular complexity index is 765. The number of fused-ring (bicyclic) bond motifs is 1. The van der Waals surface area contributed by atoms with E-state index in [0.717, 1.165) is 31.3 Å². The number of nitrogens with zero attached hydrogens (tertiary/aromatic N) is 1. The van der Waals surface area contributed by atoms with E-state index < -0.39 is 0 Å². The average molecular weight is 341 g/mol. The molecule has 2 N–H and O–H groups in total. The molecule has 1 aliphatic rings. The second-order valence-electron chi connectivity index (χ2n) is 7.00. The summed E-state index contributed by atoms with van der Waals surface area (Å²) >= 11 is 0. The summed E-state index contributed by atoms with van der Waals surface area (Å²) in [6, 6.07) is 6.35. The van der Waals surface area contributed by atoms with Gasteiger partial charge < -0.3 is 15.2 Å². The molecule has 0 radical (unpaired) electrons. The molecule has 5 heteroatoms. The van der Waals surface area contributed by atoms with Crippen molar-refractivity contribution in [2.75, 3.05) is 19.6 Å². The lowest BCUT2D eigenvalue weighted by Gasteiger charge is -2.15. The molecule has 0 spiro atoms. The summed E-state index contributed by atoms with van der Waals surface area (Å²) in [6.45, 7) is 6.13. The number of likely N-dealkylation sites (tertiary alicyclic amines) is 1. The number of unbranched alkanes of at least 4 members (excludes halogenated alkanes) is 1. The van der Waals surface area contributed by atoms with Crippen LogP contribution in [0, 0.1) is 12.8 Å². The first kappa shape index (κ1) is 17.5. The van der Waals surface area contributed by atoms with E-state index in [2.05, 4.69) is 42.3 Å². The standard InChI is InChI=1S/C20H27N3O2/c1-3-4-9-23-13-16(11-19(23)24)20(25)21-8-7-15-12-22-18-6-5-14(2)10-17(15)18/h5-6,10,12,16,22H,3-4,7-9,11,13H2,1-2H3,(H,21,25)/t16-/m1/s1. The number of rotatable bonds is 7. The van der Waals surface area contributed by atoms with Crippen LogP contribution in [0.2, 0.25) is 0 Å². The molecule has 3 rings (SSSR count). The molecule has 1 saturated heterocycles. The van der Waals surface area contributed by atoms with Crippen molar-refractivity contribution in [3.05, 3.63) is 35.5 Å². The summed E-state index contributed by atoms with van der Waals surface area (Å²) in [4.78, 5) is 29.4. The number of H-pyrrole nitrogens is 1. The van der Waals surface area contributed by atoms with E-state index >= 15 is 0 Å². The van der Waals surface area contributed by atoms with Gasteiger partial charge in [-0.3, -0.25) is 9.59 Å². The van der Waals surface area contributed by atoms with E-state index in [-0.39, 0.29) is 17.7 Å². The minimum atomic E-state index is -0.199. The van der Waals surface area contributed by atoms with Crippen LogP contribution in [0.3, 0.4) is 0 Å². The zero-order valence-corrected chi connectivity index (χ0v) is 15.1. The predicted molar refractivity (Wildman–Crippen MR) is 99.3 cm³/mol. The van der Waals surface area contributed by atoms with Gasteiger partial charge in [0.2, 0.25) is 11.8 Å². The first-order valence-electron chi connectivity index (χ1n) is 9.20. The number of nitrogens with one attached hydrogen (secondary N) is 2. The molecule has 1 aromatic carbocycles. The molecule has 5 nitrogen and oxygen atoms in total. The average Bonchev–Trinajstić information content (AvgIpc) is 3.16. The maximum Gasteiger partial charge on any atom is 0.225 e. The zero-order valence-electron chi connectivity index (χ0n) is 15.1. The lowest BCUT2D eigenvalue weighted by molar-refractivity contribution is -0.129. The van der Waals surface area contributed by atoms with Crippen LogP contribution in [0.25, 0.3) is 10.9 Å². The summed E-state index contributed by atoms with van der Waals surface area (Å²) in [5.41, 5.74) is 3.57. The number of benzene rings is 1. The van der Waals surface area contributed by atoms with Gasteiger partial charge in [-0.05, 0) is 37.5 Å². The molecule has 0 bridgehead atoms. The highest BCUT2D eigenvalue weighted by molar-refractivity contribution is 5.89. The smallest absolute Gasteiger partial charge is 0.225 e. The first-order valence-corrected chi connectivity index (χ1v) is 9.20. The van der Waals surface area contributed by atoms with E-state index in [1.165, 1.54) is 16.5 Å². The molecule has 0 unspecified atom stereocenters. The van der Waals surface area contributed by atoms with Gasteiger partial charge in [0.15, 0.2) is 0 Å². The van der Waals surface area contributed by atoms with E-state index in [0.29, 0.717) is 19.5 Å². The van der Waals surface area contributed by atoms with Gasteiger partial charge in [0.25, 0.3) is 0 Å². The van der Waals surface area contributed by atoms with Crippen LogP contribution in [-0.4, -0.2) is 41.3 Å². The molecule has 2 amide bonds. The number of aryl methyl sites for hydroxylation is 1. The summed E-state index contributed by atoms with van der Waals surface area (Å²) in [6.07, 6.45) is 5.21. The molecule has 1 atom stereocenters. The van der Waals surface area contributed by atoms with Crippen molar-refractivity contribution in [3.63, 3.8) is 0 Å².